The largest absolute Gasteiger partial charge is 0.495 e. The number of hydrogen-bond acceptors (Lipinski definition) is 19. The van der Waals surface area contributed by atoms with E-state index >= 15 is 0 Å². The van der Waals surface area contributed by atoms with Crippen molar-refractivity contribution in [2.45, 2.75) is 87.4 Å². The van der Waals surface area contributed by atoms with Gasteiger partial charge in [0.2, 0.25) is 11.8 Å². The first-order valence-electron chi connectivity index (χ1n) is 35.3. The Labute approximate surface area is 673 Å². The molecule has 9 aliphatic rings. The molecule has 18 rings (SSSR count). The molecule has 8 N–H and O–H groups in total. The number of carboxylic acid groups (broad SMARTS) is 1. The van der Waals surface area contributed by atoms with Crippen LogP contribution in [-0.4, -0.2) is 175 Å². The number of nitrogens with one attached hydrogen (secondary N) is 1. The molecular formula is C81H72Br3ClF6N6O16. The molecule has 3 aromatic heterocycles. The molecule has 3 aliphatic carbocycles. The maximum absolute atomic E-state index is 13.8. The van der Waals surface area contributed by atoms with Crippen molar-refractivity contribution in [3.05, 3.63) is 264 Å². The van der Waals surface area contributed by atoms with Gasteiger partial charge in [0.25, 0.3) is 17.8 Å². The topological polar surface area (TPSA) is 305 Å². The zero-order valence-electron chi connectivity index (χ0n) is 59.8. The first-order valence-corrected chi connectivity index (χ1v) is 37.7. The number of fused-ring (bicyclic) bond motifs is 9. The first-order chi connectivity index (χ1) is 53.3. The highest BCUT2D eigenvalue weighted by molar-refractivity contribution is 9.11. The summed E-state index contributed by atoms with van der Waals surface area (Å²) in [4.78, 5) is 54.6. The van der Waals surface area contributed by atoms with Gasteiger partial charge in [-0.15, -0.1) is 12.4 Å². The third-order valence-corrected chi connectivity index (χ3v) is 24.5. The van der Waals surface area contributed by atoms with Gasteiger partial charge in [0.05, 0.1) is 132 Å². The second-order valence-corrected chi connectivity index (χ2v) is 31.7. The molecule has 9 heterocycles. The Kier molecular flexibility index (Phi) is 21.2. The van der Waals surface area contributed by atoms with Gasteiger partial charge in [-0.25, -0.2) is 26.3 Å². The molecule has 113 heavy (non-hydrogen) atoms. The lowest BCUT2D eigenvalue weighted by molar-refractivity contribution is -0.176. The van der Waals surface area contributed by atoms with Crippen LogP contribution in [-0.2, 0) is 48.0 Å². The van der Waals surface area contributed by atoms with Crippen LogP contribution in [0.5, 0.6) is 34.5 Å². The Morgan fingerprint density at radius 1 is 0.425 bits per heavy atom. The molecule has 6 fully saturated rings. The third kappa shape index (κ3) is 12.4. The molecule has 0 spiro atoms. The number of alkyl halides is 6. The van der Waals surface area contributed by atoms with Crippen molar-refractivity contribution in [3.63, 3.8) is 0 Å². The summed E-state index contributed by atoms with van der Waals surface area (Å²) in [6.07, 6.45) is 3.37. The predicted octanol–water partition coefficient (Wildman–Crippen LogP) is 11.0. The molecule has 9 aromatic rings. The van der Waals surface area contributed by atoms with Crippen LogP contribution in [0.2, 0.25) is 0 Å². The SMILES string of the molecule is COc1cncc2c1[C@]1(O)[C@H](O)[C@H](C(=O)N3CC(F)(F)C3)[C@@H](c3ccccc3)[C@]1(c1ccc(Br)cc1)O2.COc1cncc2c1[C@]1(O)[C@H](O)[C@H](C(=O)N3CC(F)(F)C3)[C@@H](c3ccccc3)[C@]1(c1ccc(Br)cc1)O2.COc1cncc2c1[C@]1(O)[C@H](O)[C@H](C(=O)O)[C@@H](c3ccccc3)[C@]1(c1ccc(Br)cc1)O2.Cl.FC1(F)CNC1. The van der Waals surface area contributed by atoms with Crippen molar-refractivity contribution in [2.24, 2.45) is 17.8 Å². The number of amides is 2. The summed E-state index contributed by atoms with van der Waals surface area (Å²) >= 11 is 10.3. The standard InChI is InChI=1S/2C27H23BrF2N2O5.C24H20BrNO6.C3H5F2N.ClH/c2*1-36-18-11-31-12-19-22(18)26(35)23(33)20(24(34)32-13-25(29,30)14-32)21(15-5-3-2-4-6-15)27(26,37-19)16-7-9-17(28)10-8-16;1-31-16-11-26-12-17-20(16)23(30)21(27)18(22(28)29)19(13-5-3-2-4-6-13)24(23,32-17)14-7-9-15(25)10-8-14;4-3(5)1-6-2-3;/h2*2-12,20-21,23,33,35H,13-14H2,1H3;2-12,18-19,21,27,30H,1H3,(H,28,29);6H,1-2H2;1H/t2*20-,21-,23-,26+,27+;18-,19-,21-,23+,24+;;/m111../s1. The van der Waals surface area contributed by atoms with Crippen LogP contribution < -0.4 is 33.7 Å². The van der Waals surface area contributed by atoms with Gasteiger partial charge >= 0.3 is 5.97 Å². The van der Waals surface area contributed by atoms with Crippen LogP contribution in [0.15, 0.2) is 214 Å². The molecule has 6 aromatic carbocycles. The van der Waals surface area contributed by atoms with E-state index in [-0.39, 0.29) is 76.7 Å². The van der Waals surface area contributed by atoms with Gasteiger partial charge < -0.3 is 79.3 Å². The number of ether oxygens (including phenoxy) is 6. The lowest BCUT2D eigenvalue weighted by Gasteiger charge is -2.42. The number of halogens is 10. The lowest BCUT2D eigenvalue weighted by atomic mass is 9.70. The van der Waals surface area contributed by atoms with E-state index in [1.165, 1.54) is 58.5 Å². The molecule has 592 valence electrons. The number of methoxy groups -OCH3 is 3. The average molecular weight is 1770 g/mol. The Morgan fingerprint density at radius 3 is 0.912 bits per heavy atom. The Morgan fingerprint density at radius 2 is 0.681 bits per heavy atom. The molecule has 15 atom stereocenters. The molecule has 0 radical (unpaired) electrons. The summed E-state index contributed by atoms with van der Waals surface area (Å²) < 4.78 is 117. The smallest absolute Gasteiger partial charge is 0.310 e. The van der Waals surface area contributed by atoms with E-state index in [4.69, 9.17) is 28.4 Å². The molecule has 6 aliphatic heterocycles. The van der Waals surface area contributed by atoms with Crippen molar-refractivity contribution in [1.29, 1.82) is 0 Å². The molecular weight excluding hydrogens is 1700 g/mol. The number of carbonyl (C=O) groups is 3. The number of benzene rings is 6. The molecule has 0 unspecified atom stereocenters. The van der Waals surface area contributed by atoms with E-state index < -0.39 is 149 Å². The number of carbonyl (C=O) groups excluding carboxylic acids is 2. The summed E-state index contributed by atoms with van der Waals surface area (Å²) in [6.45, 7) is -3.24. The zero-order valence-corrected chi connectivity index (χ0v) is 65.4. The van der Waals surface area contributed by atoms with E-state index in [0.717, 1.165) is 23.2 Å². The van der Waals surface area contributed by atoms with Crippen LogP contribution >= 0.6 is 60.2 Å². The van der Waals surface area contributed by atoms with Gasteiger partial charge in [0.1, 0.15) is 52.8 Å². The quantitative estimate of drug-likeness (QED) is 0.0527. The summed E-state index contributed by atoms with van der Waals surface area (Å²) in [5, 5.41) is 85.6. The number of aliphatic hydroxyl groups is 6. The average Bonchev–Trinajstić information content (AvgIpc) is 1.51. The van der Waals surface area contributed by atoms with Crippen LogP contribution in [0, 0.1) is 17.8 Å². The monoisotopic (exact) mass is 1770 g/mol. The lowest BCUT2D eigenvalue weighted by Crippen LogP contribution is -2.61. The zero-order chi connectivity index (χ0) is 79.6. The van der Waals surface area contributed by atoms with Crippen LogP contribution in [0.4, 0.5) is 26.3 Å². The number of likely N-dealkylation sites (tertiary alicyclic amines) is 2. The van der Waals surface area contributed by atoms with Gasteiger partial charge in [0, 0.05) is 31.2 Å². The van der Waals surface area contributed by atoms with Gasteiger partial charge in [-0.3, -0.25) is 29.3 Å². The van der Waals surface area contributed by atoms with Crippen molar-refractivity contribution >= 4 is 78.0 Å². The number of pyridine rings is 3. The number of aromatic nitrogens is 3. The van der Waals surface area contributed by atoms with E-state index in [1.807, 2.05) is 6.07 Å². The second kappa shape index (κ2) is 29.7. The number of hydrogen-bond donors (Lipinski definition) is 8. The minimum atomic E-state index is -2.99. The minimum Gasteiger partial charge on any atom is -0.495 e. The Bertz CT molecular complexity index is 4870. The maximum Gasteiger partial charge on any atom is 0.310 e. The number of rotatable bonds is 12. The Hall–Kier alpha value is -8.99. The highest BCUT2D eigenvalue weighted by atomic mass is 79.9. The van der Waals surface area contributed by atoms with Crippen molar-refractivity contribution in [3.8, 4) is 34.5 Å². The number of aliphatic carboxylic acids is 1. The van der Waals surface area contributed by atoms with E-state index in [0.29, 0.717) is 33.4 Å². The summed E-state index contributed by atoms with van der Waals surface area (Å²) in [7, 11) is 4.23. The molecule has 3 saturated carbocycles. The summed E-state index contributed by atoms with van der Waals surface area (Å²) in [5.41, 5.74) is -7.69. The molecule has 0 bridgehead atoms. The van der Waals surface area contributed by atoms with Crippen LogP contribution in [0.3, 0.4) is 0 Å². The van der Waals surface area contributed by atoms with Crippen molar-refractivity contribution in [2.75, 3.05) is 60.6 Å². The van der Waals surface area contributed by atoms with E-state index in [2.05, 4.69) is 68.1 Å². The Balaban J connectivity index is 0.000000135. The highest BCUT2D eigenvalue weighted by Gasteiger charge is 2.82. The second-order valence-electron chi connectivity index (χ2n) is 29.0. The van der Waals surface area contributed by atoms with Gasteiger partial charge in [-0.2, -0.15) is 0 Å². The van der Waals surface area contributed by atoms with E-state index in [1.54, 1.807) is 158 Å². The fourth-order valence-electron chi connectivity index (χ4n) is 18.2. The fraction of sp³-hybridized carbons (Fsp3) is 0.333. The highest BCUT2D eigenvalue weighted by Crippen LogP contribution is 2.73. The molecule has 32 heteroatoms. The number of aliphatic hydroxyl groups excluding tert-OH is 3. The molecule has 3 saturated heterocycles. The van der Waals surface area contributed by atoms with Gasteiger partial charge in [0.15, 0.2) is 33.6 Å². The van der Waals surface area contributed by atoms with Crippen molar-refractivity contribution in [1.82, 2.24) is 30.1 Å². The summed E-state index contributed by atoms with van der Waals surface area (Å²) in [6, 6.07) is 47.9. The number of nitrogens with zero attached hydrogens (tertiary/aromatic N) is 5. The van der Waals surface area contributed by atoms with Gasteiger partial charge in [-0.1, -0.05) is 175 Å². The van der Waals surface area contributed by atoms with Gasteiger partial charge in [-0.05, 0) is 69.8 Å². The number of carboxylic acids is 1. The third-order valence-electron chi connectivity index (χ3n) is 22.9. The predicted molar refractivity (Wildman–Crippen MR) is 405 cm³/mol. The minimum absolute atomic E-state index is 0. The van der Waals surface area contributed by atoms with Crippen LogP contribution in [0.25, 0.3) is 0 Å². The molecule has 22 nitrogen and oxygen atoms in total. The van der Waals surface area contributed by atoms with Crippen molar-refractivity contribution < 1.29 is 105 Å². The maximum atomic E-state index is 13.8. The fourth-order valence-corrected chi connectivity index (χ4v) is 19.0. The first kappa shape index (κ1) is 80.6. The van der Waals surface area contributed by atoms with Crippen LogP contribution in [0.1, 0.15) is 67.8 Å². The summed E-state index contributed by atoms with van der Waals surface area (Å²) in [5.74, 6) is -16.5. The molecule has 2 amide bonds. The van der Waals surface area contributed by atoms with E-state index in [9.17, 15) is 76.5 Å². The normalized spacial score (nSPS) is 30.5.